The van der Waals surface area contributed by atoms with Crippen LogP contribution in [0.3, 0.4) is 0 Å². The van der Waals surface area contributed by atoms with Gasteiger partial charge in [0.15, 0.2) is 0 Å². The van der Waals surface area contributed by atoms with Crippen LogP contribution in [0.2, 0.25) is 5.02 Å². The van der Waals surface area contributed by atoms with Crippen LogP contribution in [-0.4, -0.2) is 10.1 Å². The number of rotatable bonds is 4. The summed E-state index contributed by atoms with van der Waals surface area (Å²) in [6.45, 7) is 2.63. The number of benzene rings is 1. The predicted octanol–water partition coefficient (Wildman–Crippen LogP) is 3.29. The first-order chi connectivity index (χ1) is 8.66. The molecule has 0 fully saturated rings. The number of halogens is 1. The Morgan fingerprint density at radius 3 is 2.72 bits per heavy atom. The molecule has 1 aromatic heterocycles. The summed E-state index contributed by atoms with van der Waals surface area (Å²) in [7, 11) is 0. The van der Waals surface area contributed by atoms with Gasteiger partial charge in [0.1, 0.15) is 5.75 Å². The third-order valence-corrected chi connectivity index (χ3v) is 3.08. The molecule has 2 rings (SSSR count). The molecule has 0 bridgehead atoms. The second kappa shape index (κ2) is 5.85. The van der Waals surface area contributed by atoms with Gasteiger partial charge < -0.3 is 10.4 Å². The Kier molecular flexibility index (Phi) is 4.18. The van der Waals surface area contributed by atoms with Crippen LogP contribution in [-0.2, 0) is 6.54 Å². The maximum Gasteiger partial charge on any atom is 0.120 e. The van der Waals surface area contributed by atoms with Gasteiger partial charge in [0.25, 0.3) is 0 Å². The first-order valence-electron chi connectivity index (χ1n) is 5.77. The first kappa shape index (κ1) is 12.9. The Bertz CT molecular complexity index is 516. The minimum atomic E-state index is 0.186. The van der Waals surface area contributed by atoms with Crippen molar-refractivity contribution in [3.05, 3.63) is 58.9 Å². The van der Waals surface area contributed by atoms with Crippen molar-refractivity contribution in [2.75, 3.05) is 0 Å². The van der Waals surface area contributed by atoms with Gasteiger partial charge in [0.05, 0.1) is 0 Å². The highest BCUT2D eigenvalue weighted by Crippen LogP contribution is 2.22. The zero-order valence-corrected chi connectivity index (χ0v) is 10.9. The van der Waals surface area contributed by atoms with Crippen LogP contribution in [0.15, 0.2) is 42.7 Å². The quantitative estimate of drug-likeness (QED) is 0.889. The summed E-state index contributed by atoms with van der Waals surface area (Å²) in [5.74, 6) is 0.258. The summed E-state index contributed by atoms with van der Waals surface area (Å²) in [4.78, 5) is 3.99. The molecule has 0 aliphatic rings. The lowest BCUT2D eigenvalue weighted by Crippen LogP contribution is -2.18. The summed E-state index contributed by atoms with van der Waals surface area (Å²) in [5, 5.41) is 13.7. The highest BCUT2D eigenvalue weighted by molar-refractivity contribution is 6.30. The van der Waals surface area contributed by atoms with Gasteiger partial charge in [-0.05, 0) is 42.8 Å². The summed E-state index contributed by atoms with van der Waals surface area (Å²) in [5.41, 5.74) is 1.95. The van der Waals surface area contributed by atoms with Gasteiger partial charge in [0, 0.05) is 35.6 Å². The van der Waals surface area contributed by atoms with E-state index in [0.29, 0.717) is 11.6 Å². The van der Waals surface area contributed by atoms with Crippen molar-refractivity contribution in [1.82, 2.24) is 10.3 Å². The van der Waals surface area contributed by atoms with Crippen LogP contribution < -0.4 is 5.32 Å². The molecule has 1 atom stereocenters. The van der Waals surface area contributed by atoms with Crippen molar-refractivity contribution in [2.24, 2.45) is 0 Å². The lowest BCUT2D eigenvalue weighted by molar-refractivity contribution is 0.460. The number of nitrogens with one attached hydrogen (secondary N) is 1. The Balaban J connectivity index is 2.01. The molecule has 1 aromatic carbocycles. The van der Waals surface area contributed by atoms with E-state index < -0.39 is 0 Å². The molecule has 4 heteroatoms. The first-order valence-corrected chi connectivity index (χ1v) is 6.15. The van der Waals surface area contributed by atoms with E-state index in [1.54, 1.807) is 30.6 Å². The van der Waals surface area contributed by atoms with E-state index in [-0.39, 0.29) is 11.8 Å². The van der Waals surface area contributed by atoms with Crippen LogP contribution in [0.25, 0.3) is 0 Å². The fourth-order valence-corrected chi connectivity index (χ4v) is 1.92. The molecule has 0 amide bonds. The topological polar surface area (TPSA) is 45.1 Å². The fourth-order valence-electron chi connectivity index (χ4n) is 1.73. The number of hydrogen-bond donors (Lipinski definition) is 2. The fraction of sp³-hybridized carbons (Fsp3) is 0.214. The zero-order valence-electron chi connectivity index (χ0n) is 10.1. The number of phenols is 1. The van der Waals surface area contributed by atoms with Crippen LogP contribution in [0.1, 0.15) is 24.1 Å². The van der Waals surface area contributed by atoms with Crippen molar-refractivity contribution >= 4 is 11.6 Å². The monoisotopic (exact) mass is 262 g/mol. The number of hydrogen-bond acceptors (Lipinski definition) is 3. The highest BCUT2D eigenvalue weighted by atomic mass is 35.5. The van der Waals surface area contributed by atoms with Gasteiger partial charge in [0.2, 0.25) is 0 Å². The van der Waals surface area contributed by atoms with Gasteiger partial charge in [-0.3, -0.25) is 4.98 Å². The molecule has 0 aliphatic heterocycles. The maximum absolute atomic E-state index is 9.71. The van der Waals surface area contributed by atoms with E-state index in [1.807, 2.05) is 12.1 Å². The molecule has 3 nitrogen and oxygen atoms in total. The van der Waals surface area contributed by atoms with E-state index in [4.69, 9.17) is 11.6 Å². The minimum absolute atomic E-state index is 0.186. The summed E-state index contributed by atoms with van der Waals surface area (Å²) in [6, 6.07) is 9.17. The normalized spacial score (nSPS) is 12.3. The molecule has 0 spiro atoms. The SMILES string of the molecule is CC(NCc1cc(Cl)ccc1O)c1ccncc1. The van der Waals surface area contributed by atoms with Gasteiger partial charge in [-0.25, -0.2) is 0 Å². The Morgan fingerprint density at radius 2 is 2.00 bits per heavy atom. The third-order valence-electron chi connectivity index (χ3n) is 2.85. The highest BCUT2D eigenvalue weighted by Gasteiger charge is 2.06. The molecule has 0 aliphatic carbocycles. The molecular weight excluding hydrogens is 248 g/mol. The number of aromatic nitrogens is 1. The second-order valence-electron chi connectivity index (χ2n) is 4.16. The van der Waals surface area contributed by atoms with Crippen molar-refractivity contribution in [3.8, 4) is 5.75 Å². The van der Waals surface area contributed by atoms with Crippen LogP contribution in [0.5, 0.6) is 5.75 Å². The van der Waals surface area contributed by atoms with Crippen molar-refractivity contribution in [1.29, 1.82) is 0 Å². The molecule has 1 unspecified atom stereocenters. The molecule has 18 heavy (non-hydrogen) atoms. The standard InChI is InChI=1S/C14H15ClN2O/c1-10(11-4-6-16-7-5-11)17-9-12-8-13(15)2-3-14(12)18/h2-8,10,17-18H,9H2,1H3. The molecular formula is C14H15ClN2O. The Labute approximate surface area is 111 Å². The van der Waals surface area contributed by atoms with E-state index in [2.05, 4.69) is 17.2 Å². The van der Waals surface area contributed by atoms with Gasteiger partial charge in [-0.1, -0.05) is 11.6 Å². The Hall–Kier alpha value is -1.58. The molecule has 0 saturated heterocycles. The summed E-state index contributed by atoms with van der Waals surface area (Å²) in [6.07, 6.45) is 3.54. The van der Waals surface area contributed by atoms with E-state index >= 15 is 0 Å². The lowest BCUT2D eigenvalue weighted by atomic mass is 10.1. The van der Waals surface area contributed by atoms with Gasteiger partial charge >= 0.3 is 0 Å². The molecule has 2 aromatic rings. The van der Waals surface area contributed by atoms with Crippen LogP contribution in [0, 0.1) is 0 Å². The number of pyridine rings is 1. The zero-order chi connectivity index (χ0) is 13.0. The Morgan fingerprint density at radius 1 is 1.28 bits per heavy atom. The molecule has 1 heterocycles. The van der Waals surface area contributed by atoms with Crippen LogP contribution >= 0.6 is 11.6 Å². The average molecular weight is 263 g/mol. The maximum atomic E-state index is 9.71. The molecule has 2 N–H and O–H groups in total. The number of phenolic OH excluding ortho intramolecular Hbond substituents is 1. The van der Waals surface area contributed by atoms with E-state index in [9.17, 15) is 5.11 Å². The average Bonchev–Trinajstić information content (AvgIpc) is 2.40. The summed E-state index contributed by atoms with van der Waals surface area (Å²) < 4.78 is 0. The largest absolute Gasteiger partial charge is 0.508 e. The van der Waals surface area contributed by atoms with Crippen molar-refractivity contribution < 1.29 is 5.11 Å². The lowest BCUT2D eigenvalue weighted by Gasteiger charge is -2.14. The van der Waals surface area contributed by atoms with Crippen molar-refractivity contribution in [2.45, 2.75) is 19.5 Å². The smallest absolute Gasteiger partial charge is 0.120 e. The number of aromatic hydroxyl groups is 1. The van der Waals surface area contributed by atoms with Gasteiger partial charge in [-0.2, -0.15) is 0 Å². The van der Waals surface area contributed by atoms with E-state index in [0.717, 1.165) is 11.1 Å². The third kappa shape index (κ3) is 3.22. The minimum Gasteiger partial charge on any atom is -0.508 e. The number of nitrogens with zero attached hydrogens (tertiary/aromatic N) is 1. The van der Waals surface area contributed by atoms with Crippen molar-refractivity contribution in [3.63, 3.8) is 0 Å². The van der Waals surface area contributed by atoms with Crippen LogP contribution in [0.4, 0.5) is 0 Å². The molecule has 0 saturated carbocycles. The molecule has 94 valence electrons. The molecule has 0 radical (unpaired) electrons. The summed E-state index contributed by atoms with van der Waals surface area (Å²) >= 11 is 5.90. The second-order valence-corrected chi connectivity index (χ2v) is 4.59. The van der Waals surface area contributed by atoms with E-state index in [1.165, 1.54) is 0 Å². The van der Waals surface area contributed by atoms with Gasteiger partial charge in [-0.15, -0.1) is 0 Å². The predicted molar refractivity (Wildman–Crippen MR) is 72.6 cm³/mol.